The number of carbonyl (C=O) groups excluding carboxylic acids is 1. The third-order valence-corrected chi connectivity index (χ3v) is 4.27. The van der Waals surface area contributed by atoms with Gasteiger partial charge in [0.1, 0.15) is 5.75 Å². The van der Waals surface area contributed by atoms with Gasteiger partial charge in [0.2, 0.25) is 0 Å². The van der Waals surface area contributed by atoms with Crippen molar-refractivity contribution in [1.82, 2.24) is 4.90 Å². The number of hydrogen-bond acceptors (Lipinski definition) is 3. The van der Waals surface area contributed by atoms with Crippen molar-refractivity contribution in [1.29, 1.82) is 0 Å². The summed E-state index contributed by atoms with van der Waals surface area (Å²) in [6.45, 7) is 7.63. The van der Waals surface area contributed by atoms with E-state index in [4.69, 9.17) is 10.5 Å². The molecular formula is C17H26N2O2. The molecule has 0 bridgehead atoms. The summed E-state index contributed by atoms with van der Waals surface area (Å²) in [5.41, 5.74) is 6.44. The van der Waals surface area contributed by atoms with E-state index in [1.807, 2.05) is 36.1 Å². The molecule has 1 aromatic carbocycles. The van der Waals surface area contributed by atoms with E-state index in [0.29, 0.717) is 12.5 Å². The molecule has 1 aliphatic rings. The van der Waals surface area contributed by atoms with Gasteiger partial charge in [-0.1, -0.05) is 6.92 Å². The zero-order chi connectivity index (χ0) is 15.4. The Hall–Kier alpha value is -1.55. The molecule has 1 amide bonds. The average Bonchev–Trinajstić information content (AvgIpc) is 2.88. The van der Waals surface area contributed by atoms with Crippen molar-refractivity contribution in [3.8, 4) is 5.75 Å². The summed E-state index contributed by atoms with van der Waals surface area (Å²) >= 11 is 0. The van der Waals surface area contributed by atoms with Gasteiger partial charge in [-0.2, -0.15) is 0 Å². The first-order chi connectivity index (χ1) is 10.0. The topological polar surface area (TPSA) is 55.6 Å². The molecule has 0 saturated carbocycles. The van der Waals surface area contributed by atoms with Gasteiger partial charge in [0, 0.05) is 18.2 Å². The summed E-state index contributed by atoms with van der Waals surface area (Å²) in [5, 5.41) is 0. The van der Waals surface area contributed by atoms with E-state index in [0.717, 1.165) is 30.7 Å². The molecule has 1 aromatic rings. The van der Waals surface area contributed by atoms with Crippen LogP contribution in [0, 0.1) is 5.92 Å². The zero-order valence-corrected chi connectivity index (χ0v) is 13.2. The van der Waals surface area contributed by atoms with Gasteiger partial charge in [0.15, 0.2) is 0 Å². The maximum Gasteiger partial charge on any atom is 0.254 e. The minimum absolute atomic E-state index is 0.0912. The fourth-order valence-electron chi connectivity index (χ4n) is 2.75. The maximum atomic E-state index is 12.6. The predicted molar refractivity (Wildman–Crippen MR) is 84.5 cm³/mol. The van der Waals surface area contributed by atoms with Gasteiger partial charge in [-0.05, 0) is 63.4 Å². The lowest BCUT2D eigenvalue weighted by Gasteiger charge is -2.22. The van der Waals surface area contributed by atoms with E-state index in [-0.39, 0.29) is 18.1 Å². The van der Waals surface area contributed by atoms with Crippen LogP contribution in [-0.2, 0) is 0 Å². The number of carbonyl (C=O) groups is 1. The molecule has 0 radical (unpaired) electrons. The van der Waals surface area contributed by atoms with Crippen LogP contribution in [0.25, 0.3) is 0 Å². The molecule has 116 valence electrons. The molecule has 0 spiro atoms. The number of ether oxygens (including phenoxy) is 1. The molecule has 0 aliphatic carbocycles. The van der Waals surface area contributed by atoms with Crippen LogP contribution in [0.4, 0.5) is 0 Å². The van der Waals surface area contributed by atoms with E-state index >= 15 is 0 Å². The van der Waals surface area contributed by atoms with Crippen LogP contribution < -0.4 is 10.5 Å². The number of nitrogens with zero attached hydrogens (tertiary/aromatic N) is 1. The summed E-state index contributed by atoms with van der Waals surface area (Å²) in [6.07, 6.45) is 2.15. The molecule has 4 heteroatoms. The van der Waals surface area contributed by atoms with Gasteiger partial charge in [-0.3, -0.25) is 4.79 Å². The fraction of sp³-hybridized carbons (Fsp3) is 0.588. The van der Waals surface area contributed by atoms with Crippen molar-refractivity contribution < 1.29 is 9.53 Å². The first-order valence-electron chi connectivity index (χ1n) is 7.82. The summed E-state index contributed by atoms with van der Waals surface area (Å²) in [5.74, 6) is 1.33. The Bertz CT molecular complexity index is 472. The molecule has 3 atom stereocenters. The number of nitrogens with two attached hydrogens (primary N) is 1. The summed E-state index contributed by atoms with van der Waals surface area (Å²) < 4.78 is 5.74. The third-order valence-electron chi connectivity index (χ3n) is 4.27. The standard InChI is InChI=1S/C17H26N2O2/c1-4-13(3)21-16-7-5-15(6-8-16)17(20)19-11-14(10-18)9-12(19)2/h5-8,12-14H,4,9-11,18H2,1-3H3. The van der Waals surface area contributed by atoms with Gasteiger partial charge in [-0.15, -0.1) is 0 Å². The summed E-state index contributed by atoms with van der Waals surface area (Å²) in [7, 11) is 0. The largest absolute Gasteiger partial charge is 0.491 e. The quantitative estimate of drug-likeness (QED) is 0.907. The number of amides is 1. The van der Waals surface area contributed by atoms with E-state index in [2.05, 4.69) is 13.8 Å². The molecule has 4 nitrogen and oxygen atoms in total. The maximum absolute atomic E-state index is 12.6. The number of rotatable bonds is 5. The molecule has 21 heavy (non-hydrogen) atoms. The summed E-state index contributed by atoms with van der Waals surface area (Å²) in [6, 6.07) is 7.72. The Morgan fingerprint density at radius 3 is 2.62 bits per heavy atom. The van der Waals surface area contributed by atoms with E-state index in [9.17, 15) is 4.79 Å². The van der Waals surface area contributed by atoms with Gasteiger partial charge in [-0.25, -0.2) is 0 Å². The van der Waals surface area contributed by atoms with Crippen LogP contribution in [0.1, 0.15) is 44.0 Å². The normalized spacial score (nSPS) is 23.1. The number of likely N-dealkylation sites (tertiary alicyclic amines) is 1. The molecule has 1 heterocycles. The Morgan fingerprint density at radius 2 is 2.10 bits per heavy atom. The van der Waals surface area contributed by atoms with Crippen LogP contribution in [0.3, 0.4) is 0 Å². The fourth-order valence-corrected chi connectivity index (χ4v) is 2.75. The second-order valence-corrected chi connectivity index (χ2v) is 6.01. The number of benzene rings is 1. The van der Waals surface area contributed by atoms with Gasteiger partial charge in [0.25, 0.3) is 5.91 Å². The van der Waals surface area contributed by atoms with Crippen molar-refractivity contribution >= 4 is 5.91 Å². The highest BCUT2D eigenvalue weighted by molar-refractivity contribution is 5.94. The van der Waals surface area contributed by atoms with E-state index in [1.165, 1.54) is 0 Å². The smallest absolute Gasteiger partial charge is 0.254 e. The second-order valence-electron chi connectivity index (χ2n) is 6.01. The molecule has 1 aliphatic heterocycles. The third kappa shape index (κ3) is 3.76. The minimum Gasteiger partial charge on any atom is -0.491 e. The van der Waals surface area contributed by atoms with Crippen molar-refractivity contribution in [2.75, 3.05) is 13.1 Å². The first kappa shape index (κ1) is 15.8. The van der Waals surface area contributed by atoms with Crippen LogP contribution in [0.15, 0.2) is 24.3 Å². The van der Waals surface area contributed by atoms with Crippen molar-refractivity contribution in [3.05, 3.63) is 29.8 Å². The Balaban J connectivity index is 2.03. The SMILES string of the molecule is CCC(C)Oc1ccc(C(=O)N2CC(CN)CC2C)cc1. The van der Waals surface area contributed by atoms with Crippen LogP contribution in [-0.4, -0.2) is 36.0 Å². The molecular weight excluding hydrogens is 264 g/mol. The van der Waals surface area contributed by atoms with E-state index < -0.39 is 0 Å². The van der Waals surface area contributed by atoms with Crippen molar-refractivity contribution in [2.45, 2.75) is 45.8 Å². The molecule has 3 unspecified atom stereocenters. The van der Waals surface area contributed by atoms with Crippen molar-refractivity contribution in [2.24, 2.45) is 11.7 Å². The van der Waals surface area contributed by atoms with Crippen LogP contribution >= 0.6 is 0 Å². The highest BCUT2D eigenvalue weighted by Gasteiger charge is 2.31. The predicted octanol–water partition coefficient (Wildman–Crippen LogP) is 2.67. The lowest BCUT2D eigenvalue weighted by Crippen LogP contribution is -2.34. The zero-order valence-electron chi connectivity index (χ0n) is 13.2. The molecule has 1 saturated heterocycles. The van der Waals surface area contributed by atoms with Crippen LogP contribution in [0.2, 0.25) is 0 Å². The van der Waals surface area contributed by atoms with Gasteiger partial charge in [0.05, 0.1) is 6.10 Å². The highest BCUT2D eigenvalue weighted by Crippen LogP contribution is 2.25. The molecule has 2 rings (SSSR count). The average molecular weight is 290 g/mol. The monoisotopic (exact) mass is 290 g/mol. The first-order valence-corrected chi connectivity index (χ1v) is 7.82. The Morgan fingerprint density at radius 1 is 1.43 bits per heavy atom. The molecule has 0 aromatic heterocycles. The summed E-state index contributed by atoms with van der Waals surface area (Å²) in [4.78, 5) is 14.5. The van der Waals surface area contributed by atoms with Gasteiger partial charge < -0.3 is 15.4 Å². The minimum atomic E-state index is 0.0912. The second kappa shape index (κ2) is 6.94. The molecule has 1 fully saturated rings. The lowest BCUT2D eigenvalue weighted by atomic mass is 10.1. The van der Waals surface area contributed by atoms with Crippen LogP contribution in [0.5, 0.6) is 5.75 Å². The van der Waals surface area contributed by atoms with Crippen molar-refractivity contribution in [3.63, 3.8) is 0 Å². The van der Waals surface area contributed by atoms with Gasteiger partial charge >= 0.3 is 0 Å². The Kier molecular flexibility index (Phi) is 5.23. The number of hydrogen-bond donors (Lipinski definition) is 1. The molecule has 2 N–H and O–H groups in total. The Labute approximate surface area is 127 Å². The van der Waals surface area contributed by atoms with E-state index in [1.54, 1.807) is 0 Å². The lowest BCUT2D eigenvalue weighted by molar-refractivity contribution is 0.0743. The highest BCUT2D eigenvalue weighted by atomic mass is 16.5.